The van der Waals surface area contributed by atoms with Crippen LogP contribution in [0.25, 0.3) is 0 Å². The molecule has 1 N–H and O–H groups in total. The number of nitrogens with one attached hydrogen (secondary N) is 1. The molecule has 7 heteroatoms. The van der Waals surface area contributed by atoms with E-state index in [1.54, 1.807) is 60.0 Å². The maximum absolute atomic E-state index is 12.4. The van der Waals surface area contributed by atoms with Crippen molar-refractivity contribution in [3.8, 4) is 0 Å². The number of thioether (sulfide) groups is 1. The van der Waals surface area contributed by atoms with Crippen molar-refractivity contribution in [1.82, 2.24) is 9.55 Å². The number of carbonyl (C=O) groups is 2. The number of carbonyl (C=O) groups excluding carboxylic acids is 2. The molecule has 0 fully saturated rings. The van der Waals surface area contributed by atoms with Crippen molar-refractivity contribution >= 4 is 40.7 Å². The van der Waals surface area contributed by atoms with Crippen molar-refractivity contribution in [3.63, 3.8) is 0 Å². The molecule has 0 spiro atoms. The van der Waals surface area contributed by atoms with Crippen LogP contribution in [0.1, 0.15) is 22.6 Å². The van der Waals surface area contributed by atoms with Crippen LogP contribution >= 0.6 is 23.4 Å². The molecule has 3 rings (SSSR count). The Bertz CT molecular complexity index is 954. The van der Waals surface area contributed by atoms with E-state index in [0.717, 1.165) is 4.90 Å². The van der Waals surface area contributed by atoms with E-state index in [1.165, 1.54) is 0 Å². The average molecular weight is 400 g/mol. The molecule has 0 saturated carbocycles. The summed E-state index contributed by atoms with van der Waals surface area (Å²) >= 11 is 7.65. The van der Waals surface area contributed by atoms with Crippen molar-refractivity contribution < 1.29 is 9.59 Å². The van der Waals surface area contributed by atoms with E-state index in [1.807, 2.05) is 24.3 Å². The molecule has 2 aromatic carbocycles. The van der Waals surface area contributed by atoms with Gasteiger partial charge in [0.05, 0.1) is 5.02 Å². The molecule has 1 heterocycles. The largest absolute Gasteiger partial charge is 0.331 e. The number of aromatic nitrogens is 2. The lowest BCUT2D eigenvalue weighted by molar-refractivity contribution is -0.115. The molecule has 0 aliphatic carbocycles. The molecular formula is C20H18ClN3O2S. The van der Waals surface area contributed by atoms with Crippen LogP contribution in [0.2, 0.25) is 5.02 Å². The Balaban J connectivity index is 1.52. The maximum atomic E-state index is 12.4. The molecule has 0 saturated heterocycles. The van der Waals surface area contributed by atoms with Gasteiger partial charge in [-0.3, -0.25) is 9.59 Å². The Morgan fingerprint density at radius 1 is 1.15 bits per heavy atom. The van der Waals surface area contributed by atoms with Crippen LogP contribution in [0.3, 0.4) is 0 Å². The van der Waals surface area contributed by atoms with Crippen LogP contribution in [0.15, 0.2) is 65.8 Å². The molecule has 3 aromatic rings. The van der Waals surface area contributed by atoms with Crippen molar-refractivity contribution in [3.05, 3.63) is 77.3 Å². The van der Waals surface area contributed by atoms with Crippen LogP contribution in [0, 0.1) is 0 Å². The lowest BCUT2D eigenvalue weighted by atomic mass is 10.1. The standard InChI is InChI=1S/C20H18ClN3O2S/c1-24-12-11-22-20(24)19(26)14-6-8-15(9-7-14)23-18(25)10-13-27-17-5-3-2-4-16(17)21/h2-9,11-12H,10,13H2,1H3,(H,23,25). The second-order valence-electron chi connectivity index (χ2n) is 5.85. The maximum Gasteiger partial charge on any atom is 0.228 e. The molecule has 1 aromatic heterocycles. The third-order valence-electron chi connectivity index (χ3n) is 3.88. The van der Waals surface area contributed by atoms with Gasteiger partial charge in [0.1, 0.15) is 0 Å². The second kappa shape index (κ2) is 8.88. The van der Waals surface area contributed by atoms with Crippen molar-refractivity contribution in [2.75, 3.05) is 11.1 Å². The van der Waals surface area contributed by atoms with Crippen molar-refractivity contribution in [2.24, 2.45) is 7.05 Å². The van der Waals surface area contributed by atoms with Gasteiger partial charge in [0.2, 0.25) is 11.7 Å². The summed E-state index contributed by atoms with van der Waals surface area (Å²) in [5.74, 6) is 0.767. The van der Waals surface area contributed by atoms with Gasteiger partial charge in [-0.05, 0) is 36.4 Å². The van der Waals surface area contributed by atoms with Gasteiger partial charge in [0.25, 0.3) is 0 Å². The van der Waals surface area contributed by atoms with Gasteiger partial charge < -0.3 is 9.88 Å². The summed E-state index contributed by atoms with van der Waals surface area (Å²) in [6.45, 7) is 0. The Labute approximate surface area is 166 Å². The van der Waals surface area contributed by atoms with Gasteiger partial charge in [-0.2, -0.15) is 0 Å². The molecule has 27 heavy (non-hydrogen) atoms. The summed E-state index contributed by atoms with van der Waals surface area (Å²) in [7, 11) is 1.77. The number of ketones is 1. The van der Waals surface area contributed by atoms with E-state index in [2.05, 4.69) is 10.3 Å². The van der Waals surface area contributed by atoms with Crippen LogP contribution < -0.4 is 5.32 Å². The quantitative estimate of drug-likeness (QED) is 0.471. The fraction of sp³-hybridized carbons (Fsp3) is 0.150. The Kier molecular flexibility index (Phi) is 6.32. The second-order valence-corrected chi connectivity index (χ2v) is 7.39. The molecule has 0 atom stereocenters. The lowest BCUT2D eigenvalue weighted by Crippen LogP contribution is -2.13. The smallest absolute Gasteiger partial charge is 0.228 e. The highest BCUT2D eigenvalue weighted by atomic mass is 35.5. The average Bonchev–Trinajstić information content (AvgIpc) is 3.09. The predicted octanol–water partition coefficient (Wildman–Crippen LogP) is 4.43. The summed E-state index contributed by atoms with van der Waals surface area (Å²) < 4.78 is 1.68. The molecule has 0 radical (unpaired) electrons. The van der Waals surface area contributed by atoms with Gasteiger partial charge in [0.15, 0.2) is 5.82 Å². The molecule has 0 aliphatic rings. The van der Waals surface area contributed by atoms with E-state index in [0.29, 0.717) is 34.3 Å². The first-order valence-corrected chi connectivity index (χ1v) is 9.70. The van der Waals surface area contributed by atoms with Crippen LogP contribution in [0.5, 0.6) is 0 Å². The predicted molar refractivity (Wildman–Crippen MR) is 109 cm³/mol. The summed E-state index contributed by atoms with van der Waals surface area (Å²) in [6, 6.07) is 14.4. The number of hydrogen-bond acceptors (Lipinski definition) is 4. The van der Waals surface area contributed by atoms with Gasteiger partial charge >= 0.3 is 0 Å². The SMILES string of the molecule is Cn1ccnc1C(=O)c1ccc(NC(=O)CCSc2ccccc2Cl)cc1. The third-order valence-corrected chi connectivity index (χ3v) is 5.40. The van der Waals surface area contributed by atoms with E-state index < -0.39 is 0 Å². The Morgan fingerprint density at radius 3 is 2.56 bits per heavy atom. The normalized spacial score (nSPS) is 10.6. The van der Waals surface area contributed by atoms with Crippen molar-refractivity contribution in [1.29, 1.82) is 0 Å². The number of anilines is 1. The first-order valence-electron chi connectivity index (χ1n) is 8.34. The Hall–Kier alpha value is -2.57. The minimum Gasteiger partial charge on any atom is -0.331 e. The molecule has 138 valence electrons. The van der Waals surface area contributed by atoms with Gasteiger partial charge in [-0.1, -0.05) is 23.7 Å². The fourth-order valence-corrected chi connectivity index (χ4v) is 3.64. The Morgan fingerprint density at radius 2 is 1.89 bits per heavy atom. The van der Waals surface area contributed by atoms with E-state index in [9.17, 15) is 9.59 Å². The number of imidazole rings is 1. The minimum absolute atomic E-state index is 0.0854. The van der Waals surface area contributed by atoms with E-state index >= 15 is 0 Å². The summed E-state index contributed by atoms with van der Waals surface area (Å²) in [4.78, 5) is 29.5. The topological polar surface area (TPSA) is 64.0 Å². The summed E-state index contributed by atoms with van der Waals surface area (Å²) in [6.07, 6.45) is 3.68. The van der Waals surface area contributed by atoms with Crippen molar-refractivity contribution in [2.45, 2.75) is 11.3 Å². The number of nitrogens with zero attached hydrogens (tertiary/aromatic N) is 2. The zero-order valence-corrected chi connectivity index (χ0v) is 16.3. The molecule has 5 nitrogen and oxygen atoms in total. The van der Waals surface area contributed by atoms with Crippen LogP contribution in [-0.4, -0.2) is 27.0 Å². The zero-order valence-electron chi connectivity index (χ0n) is 14.7. The molecule has 0 aliphatic heterocycles. The molecule has 0 unspecified atom stereocenters. The van der Waals surface area contributed by atoms with E-state index in [4.69, 9.17) is 11.6 Å². The highest BCUT2D eigenvalue weighted by Gasteiger charge is 2.13. The van der Waals surface area contributed by atoms with E-state index in [-0.39, 0.29) is 11.7 Å². The molecule has 1 amide bonds. The zero-order chi connectivity index (χ0) is 19.2. The minimum atomic E-state index is -0.156. The van der Waals surface area contributed by atoms with Crippen LogP contribution in [0.4, 0.5) is 5.69 Å². The molecule has 0 bridgehead atoms. The number of amides is 1. The highest BCUT2D eigenvalue weighted by Crippen LogP contribution is 2.27. The first kappa shape index (κ1) is 19.2. The van der Waals surface area contributed by atoms with Crippen LogP contribution in [-0.2, 0) is 11.8 Å². The van der Waals surface area contributed by atoms with Gasteiger partial charge in [0, 0.05) is 47.8 Å². The number of rotatable bonds is 7. The monoisotopic (exact) mass is 399 g/mol. The molecular weight excluding hydrogens is 382 g/mol. The summed E-state index contributed by atoms with van der Waals surface area (Å²) in [5, 5.41) is 3.53. The summed E-state index contributed by atoms with van der Waals surface area (Å²) in [5.41, 5.74) is 1.18. The lowest BCUT2D eigenvalue weighted by Gasteiger charge is -2.07. The first-order chi connectivity index (χ1) is 13.0. The number of benzene rings is 2. The van der Waals surface area contributed by atoms with Gasteiger partial charge in [-0.15, -0.1) is 11.8 Å². The number of halogens is 1. The number of aryl methyl sites for hydroxylation is 1. The number of hydrogen-bond donors (Lipinski definition) is 1. The third kappa shape index (κ3) is 4.99. The fourth-order valence-electron chi connectivity index (χ4n) is 2.46. The highest BCUT2D eigenvalue weighted by molar-refractivity contribution is 7.99. The van der Waals surface area contributed by atoms with Gasteiger partial charge in [-0.25, -0.2) is 4.98 Å².